The Labute approximate surface area is 115 Å². The number of aromatic nitrogens is 2. The van der Waals surface area contributed by atoms with Crippen LogP contribution in [-0.4, -0.2) is 16.5 Å². The summed E-state index contributed by atoms with van der Waals surface area (Å²) in [7, 11) is 0. The van der Waals surface area contributed by atoms with Gasteiger partial charge in [0.05, 0.1) is 0 Å². The van der Waals surface area contributed by atoms with E-state index in [0.29, 0.717) is 0 Å². The van der Waals surface area contributed by atoms with Crippen LogP contribution >= 0.6 is 0 Å². The van der Waals surface area contributed by atoms with Gasteiger partial charge in [-0.15, -0.1) is 0 Å². The van der Waals surface area contributed by atoms with E-state index >= 15 is 0 Å². The fraction of sp³-hybridized carbons (Fsp3) is 0.714. The van der Waals surface area contributed by atoms with Crippen LogP contribution in [0.5, 0.6) is 0 Å². The third kappa shape index (κ3) is 3.56. The molecule has 0 aliphatic heterocycles. The lowest BCUT2D eigenvalue weighted by Crippen LogP contribution is -2.17. The van der Waals surface area contributed by atoms with Gasteiger partial charge >= 0.3 is 0 Å². The van der Waals surface area contributed by atoms with Crippen LogP contribution in [0.25, 0.3) is 0 Å². The second-order valence-electron chi connectivity index (χ2n) is 5.61. The van der Waals surface area contributed by atoms with Crippen molar-refractivity contribution in [3.8, 4) is 0 Å². The number of nitrogens with two attached hydrogens (primary N) is 1. The van der Waals surface area contributed by atoms with Crippen LogP contribution in [0.4, 0.5) is 11.6 Å². The molecule has 1 aromatic rings. The SMILES string of the molecule is CCCc1c(NN)ncnc1NCC1CCC(C)C1. The van der Waals surface area contributed by atoms with E-state index in [1.54, 1.807) is 6.33 Å². The van der Waals surface area contributed by atoms with Gasteiger partial charge in [-0.25, -0.2) is 15.8 Å². The molecule has 2 rings (SSSR count). The number of anilines is 2. The van der Waals surface area contributed by atoms with Crippen LogP contribution in [0.3, 0.4) is 0 Å². The lowest BCUT2D eigenvalue weighted by atomic mass is 10.1. The molecule has 2 atom stereocenters. The molecule has 0 radical (unpaired) electrons. The van der Waals surface area contributed by atoms with E-state index in [1.807, 2.05) is 0 Å². The predicted molar refractivity (Wildman–Crippen MR) is 78.8 cm³/mol. The van der Waals surface area contributed by atoms with Crippen LogP contribution in [0.1, 0.15) is 45.1 Å². The highest BCUT2D eigenvalue weighted by Crippen LogP contribution is 2.30. The molecule has 0 spiro atoms. The molecule has 0 saturated heterocycles. The zero-order valence-corrected chi connectivity index (χ0v) is 11.9. The molecule has 0 aromatic carbocycles. The number of hydrogen-bond acceptors (Lipinski definition) is 5. The lowest BCUT2D eigenvalue weighted by Gasteiger charge is -2.16. The summed E-state index contributed by atoms with van der Waals surface area (Å²) in [5.74, 6) is 8.83. The van der Waals surface area contributed by atoms with E-state index in [-0.39, 0.29) is 0 Å². The first-order valence-corrected chi connectivity index (χ1v) is 7.29. The third-order valence-electron chi connectivity index (χ3n) is 3.94. The highest BCUT2D eigenvalue weighted by atomic mass is 15.3. The molecule has 0 bridgehead atoms. The monoisotopic (exact) mass is 263 g/mol. The number of rotatable bonds is 6. The molecule has 1 aromatic heterocycles. The molecule has 4 N–H and O–H groups in total. The van der Waals surface area contributed by atoms with Gasteiger partial charge in [0.15, 0.2) is 0 Å². The smallest absolute Gasteiger partial charge is 0.148 e. The second kappa shape index (κ2) is 6.70. The summed E-state index contributed by atoms with van der Waals surface area (Å²) in [4.78, 5) is 8.55. The molecular formula is C14H25N5. The van der Waals surface area contributed by atoms with Crippen molar-refractivity contribution in [2.24, 2.45) is 17.7 Å². The summed E-state index contributed by atoms with van der Waals surface area (Å²) in [6.45, 7) is 5.49. The molecule has 1 aliphatic rings. The van der Waals surface area contributed by atoms with Crippen molar-refractivity contribution in [1.82, 2.24) is 9.97 Å². The zero-order chi connectivity index (χ0) is 13.7. The number of nitrogen functional groups attached to an aromatic ring is 1. The van der Waals surface area contributed by atoms with Crippen molar-refractivity contribution in [2.45, 2.75) is 46.0 Å². The van der Waals surface area contributed by atoms with Crippen LogP contribution in [0, 0.1) is 11.8 Å². The Morgan fingerprint density at radius 3 is 2.74 bits per heavy atom. The number of nitrogens with one attached hydrogen (secondary N) is 2. The Kier molecular flexibility index (Phi) is 4.96. The molecule has 1 fully saturated rings. The maximum absolute atomic E-state index is 5.52. The Morgan fingerprint density at radius 1 is 1.32 bits per heavy atom. The number of hydrogen-bond donors (Lipinski definition) is 3. The van der Waals surface area contributed by atoms with Crippen LogP contribution in [0.2, 0.25) is 0 Å². The van der Waals surface area contributed by atoms with Crippen LogP contribution < -0.4 is 16.6 Å². The highest BCUT2D eigenvalue weighted by molar-refractivity contribution is 5.56. The molecule has 1 heterocycles. The Bertz CT molecular complexity index is 407. The van der Waals surface area contributed by atoms with Gasteiger partial charge in [-0.2, -0.15) is 0 Å². The Balaban J connectivity index is 2.02. The maximum atomic E-state index is 5.52. The first-order chi connectivity index (χ1) is 9.24. The molecular weight excluding hydrogens is 238 g/mol. The first-order valence-electron chi connectivity index (χ1n) is 7.29. The van der Waals surface area contributed by atoms with Crippen molar-refractivity contribution in [3.63, 3.8) is 0 Å². The Hall–Kier alpha value is -1.36. The van der Waals surface area contributed by atoms with E-state index in [9.17, 15) is 0 Å². The van der Waals surface area contributed by atoms with Gasteiger partial charge in [0.25, 0.3) is 0 Å². The fourth-order valence-electron chi connectivity index (χ4n) is 2.93. The minimum atomic E-state index is 0.735. The largest absolute Gasteiger partial charge is 0.369 e. The minimum Gasteiger partial charge on any atom is -0.369 e. The maximum Gasteiger partial charge on any atom is 0.148 e. The average Bonchev–Trinajstić information content (AvgIpc) is 2.83. The van der Waals surface area contributed by atoms with E-state index in [0.717, 1.165) is 48.4 Å². The number of hydrazine groups is 1. The summed E-state index contributed by atoms with van der Waals surface area (Å²) in [6.07, 6.45) is 7.55. The summed E-state index contributed by atoms with van der Waals surface area (Å²) in [5, 5.41) is 3.49. The third-order valence-corrected chi connectivity index (χ3v) is 3.94. The van der Waals surface area contributed by atoms with Gasteiger partial charge in [-0.05, 0) is 31.1 Å². The molecule has 2 unspecified atom stereocenters. The number of nitrogens with zero attached hydrogens (tertiary/aromatic N) is 2. The van der Waals surface area contributed by atoms with Crippen molar-refractivity contribution in [2.75, 3.05) is 17.3 Å². The minimum absolute atomic E-state index is 0.735. The average molecular weight is 263 g/mol. The lowest BCUT2D eigenvalue weighted by molar-refractivity contribution is 0.536. The molecule has 1 aliphatic carbocycles. The van der Waals surface area contributed by atoms with E-state index in [2.05, 4.69) is 34.6 Å². The molecule has 5 heteroatoms. The normalized spacial score (nSPS) is 22.5. The van der Waals surface area contributed by atoms with Crippen LogP contribution in [-0.2, 0) is 6.42 Å². The van der Waals surface area contributed by atoms with E-state index in [1.165, 1.54) is 19.3 Å². The van der Waals surface area contributed by atoms with Gasteiger partial charge in [0.1, 0.15) is 18.0 Å². The molecule has 19 heavy (non-hydrogen) atoms. The molecule has 0 amide bonds. The summed E-state index contributed by atoms with van der Waals surface area (Å²) >= 11 is 0. The van der Waals surface area contributed by atoms with Crippen molar-refractivity contribution in [1.29, 1.82) is 0 Å². The molecule has 5 nitrogen and oxygen atoms in total. The predicted octanol–water partition coefficient (Wildman–Crippen LogP) is 2.56. The van der Waals surface area contributed by atoms with Crippen molar-refractivity contribution in [3.05, 3.63) is 11.9 Å². The first kappa shape index (κ1) is 14.1. The quantitative estimate of drug-likeness (QED) is 0.543. The van der Waals surface area contributed by atoms with Gasteiger partial charge in [-0.1, -0.05) is 26.7 Å². The van der Waals surface area contributed by atoms with Gasteiger partial charge < -0.3 is 10.7 Å². The molecule has 106 valence electrons. The Morgan fingerprint density at radius 2 is 2.11 bits per heavy atom. The van der Waals surface area contributed by atoms with Gasteiger partial charge in [0.2, 0.25) is 0 Å². The van der Waals surface area contributed by atoms with E-state index in [4.69, 9.17) is 5.84 Å². The van der Waals surface area contributed by atoms with Crippen LogP contribution in [0.15, 0.2) is 6.33 Å². The van der Waals surface area contributed by atoms with Gasteiger partial charge in [0, 0.05) is 12.1 Å². The topological polar surface area (TPSA) is 75.9 Å². The summed E-state index contributed by atoms with van der Waals surface area (Å²) < 4.78 is 0. The zero-order valence-electron chi connectivity index (χ0n) is 11.9. The highest BCUT2D eigenvalue weighted by Gasteiger charge is 2.21. The van der Waals surface area contributed by atoms with Crippen molar-refractivity contribution < 1.29 is 0 Å². The summed E-state index contributed by atoms with van der Waals surface area (Å²) in [6, 6.07) is 0. The molecule has 1 saturated carbocycles. The van der Waals surface area contributed by atoms with E-state index < -0.39 is 0 Å². The van der Waals surface area contributed by atoms with Crippen molar-refractivity contribution >= 4 is 11.6 Å². The fourth-order valence-corrected chi connectivity index (χ4v) is 2.93. The standard InChI is InChI=1S/C14H25N5/c1-3-4-12-13(17-9-18-14(12)19-15)16-8-11-6-5-10(2)7-11/h9-11H,3-8,15H2,1-2H3,(H2,16,17,18,19). The van der Waals surface area contributed by atoms with Gasteiger partial charge in [-0.3, -0.25) is 0 Å². The second-order valence-corrected chi connectivity index (χ2v) is 5.61. The summed E-state index contributed by atoms with van der Waals surface area (Å²) in [5.41, 5.74) is 3.76.